The Morgan fingerprint density at radius 2 is 2.17 bits per heavy atom. The first-order chi connectivity index (χ1) is 11.4. The minimum absolute atomic E-state index is 0.0149. The van der Waals surface area contributed by atoms with E-state index in [0.29, 0.717) is 25.2 Å². The zero-order chi connectivity index (χ0) is 17.7. The van der Waals surface area contributed by atoms with Crippen molar-refractivity contribution in [3.8, 4) is 0 Å². The largest absolute Gasteiger partial charge is 0.354 e. The van der Waals surface area contributed by atoms with E-state index in [1.165, 1.54) is 0 Å². The van der Waals surface area contributed by atoms with E-state index in [2.05, 4.69) is 26.6 Å². The van der Waals surface area contributed by atoms with E-state index in [9.17, 15) is 9.59 Å². The highest BCUT2D eigenvalue weighted by Crippen LogP contribution is 2.22. The van der Waals surface area contributed by atoms with Crippen molar-refractivity contribution in [2.24, 2.45) is 5.92 Å². The molecule has 1 aliphatic heterocycles. The first kappa shape index (κ1) is 18.9. The van der Waals surface area contributed by atoms with Gasteiger partial charge < -0.3 is 15.5 Å². The van der Waals surface area contributed by atoms with E-state index in [4.69, 9.17) is 0 Å². The minimum Gasteiger partial charge on any atom is -0.354 e. The van der Waals surface area contributed by atoms with Crippen molar-refractivity contribution < 1.29 is 9.59 Å². The summed E-state index contributed by atoms with van der Waals surface area (Å²) >= 11 is 3.42. The molecule has 2 rings (SSSR count). The number of hydrogen-bond acceptors (Lipinski definition) is 3. The third-order valence-corrected chi connectivity index (χ3v) is 5.07. The molecule has 6 heteroatoms. The summed E-state index contributed by atoms with van der Waals surface area (Å²) in [6.07, 6.45) is 1.70. The Labute approximate surface area is 152 Å². The van der Waals surface area contributed by atoms with Gasteiger partial charge in [0.05, 0.1) is 5.92 Å². The van der Waals surface area contributed by atoms with Crippen LogP contribution in [0.1, 0.15) is 35.7 Å². The summed E-state index contributed by atoms with van der Waals surface area (Å²) < 4.78 is 0.964. The van der Waals surface area contributed by atoms with Crippen LogP contribution in [0.3, 0.4) is 0 Å². The quantitative estimate of drug-likeness (QED) is 0.803. The monoisotopic (exact) mass is 395 g/mol. The van der Waals surface area contributed by atoms with E-state index >= 15 is 0 Å². The van der Waals surface area contributed by atoms with E-state index in [1.807, 2.05) is 44.0 Å². The van der Waals surface area contributed by atoms with E-state index < -0.39 is 0 Å². The number of benzene rings is 1. The van der Waals surface area contributed by atoms with E-state index in [-0.39, 0.29) is 23.8 Å². The van der Waals surface area contributed by atoms with Crippen LogP contribution in [0.25, 0.3) is 0 Å². The maximum atomic E-state index is 12.8. The molecule has 2 amide bonds. The summed E-state index contributed by atoms with van der Waals surface area (Å²) in [4.78, 5) is 26.9. The molecule has 1 aromatic carbocycles. The molecule has 5 nitrogen and oxygen atoms in total. The first-order valence-electron chi connectivity index (χ1n) is 8.42. The van der Waals surface area contributed by atoms with Crippen LogP contribution in [0.15, 0.2) is 22.7 Å². The molecular weight excluding hydrogens is 370 g/mol. The van der Waals surface area contributed by atoms with Gasteiger partial charge in [-0.25, -0.2) is 0 Å². The van der Waals surface area contributed by atoms with Crippen LogP contribution in [0.4, 0.5) is 0 Å². The molecule has 0 aromatic heterocycles. The number of rotatable bonds is 5. The number of carbonyl (C=O) groups excluding carboxylic acids is 2. The fourth-order valence-corrected chi connectivity index (χ4v) is 3.39. The summed E-state index contributed by atoms with van der Waals surface area (Å²) in [5.41, 5.74) is 1.66. The molecule has 1 fully saturated rings. The van der Waals surface area contributed by atoms with Gasteiger partial charge in [-0.3, -0.25) is 9.59 Å². The van der Waals surface area contributed by atoms with Gasteiger partial charge >= 0.3 is 0 Å². The SMILES string of the molecule is CNC(C)CNC(=O)C1CCCN(C(=O)c2ccc(Br)cc2C)C1. The number of carbonyl (C=O) groups is 2. The van der Waals surface area contributed by atoms with Crippen LogP contribution in [0.5, 0.6) is 0 Å². The van der Waals surface area contributed by atoms with Crippen LogP contribution in [-0.2, 0) is 4.79 Å². The van der Waals surface area contributed by atoms with Crippen molar-refractivity contribution in [2.75, 3.05) is 26.7 Å². The van der Waals surface area contributed by atoms with Crippen LogP contribution in [0.2, 0.25) is 0 Å². The number of halogens is 1. The fraction of sp³-hybridized carbons (Fsp3) is 0.556. The van der Waals surface area contributed by atoms with Crippen LogP contribution in [-0.4, -0.2) is 49.4 Å². The molecule has 0 radical (unpaired) electrons. The van der Waals surface area contributed by atoms with Gasteiger partial charge in [0, 0.05) is 35.7 Å². The molecule has 1 aromatic rings. The van der Waals surface area contributed by atoms with Gasteiger partial charge in [0.2, 0.25) is 5.91 Å². The summed E-state index contributed by atoms with van der Waals surface area (Å²) in [5.74, 6) is -0.0641. The lowest BCUT2D eigenvalue weighted by Crippen LogP contribution is -2.47. The maximum absolute atomic E-state index is 12.8. The number of amides is 2. The third kappa shape index (κ3) is 4.80. The van der Waals surface area contributed by atoms with Crippen molar-refractivity contribution in [3.05, 3.63) is 33.8 Å². The predicted octanol–water partition coefficient (Wildman–Crippen LogP) is 2.33. The zero-order valence-electron chi connectivity index (χ0n) is 14.6. The number of nitrogens with one attached hydrogen (secondary N) is 2. The summed E-state index contributed by atoms with van der Waals surface area (Å²) in [5, 5.41) is 6.07. The van der Waals surface area contributed by atoms with Gasteiger partial charge in [-0.1, -0.05) is 15.9 Å². The number of likely N-dealkylation sites (N-methyl/N-ethyl adjacent to an activating group) is 1. The second-order valence-corrected chi connectivity index (χ2v) is 7.40. The van der Waals surface area contributed by atoms with Gasteiger partial charge in [0.1, 0.15) is 0 Å². The molecule has 0 bridgehead atoms. The standard InChI is InChI=1S/C18H26BrN3O2/c1-12-9-15(19)6-7-16(12)18(24)22-8-4-5-14(11-22)17(23)21-10-13(2)20-3/h6-7,9,13-14,20H,4-5,8,10-11H2,1-3H3,(H,21,23). The number of hydrogen-bond donors (Lipinski definition) is 2. The Hall–Kier alpha value is -1.40. The predicted molar refractivity (Wildman–Crippen MR) is 99.0 cm³/mol. The normalized spacial score (nSPS) is 19.0. The molecule has 1 saturated heterocycles. The van der Waals surface area contributed by atoms with E-state index in [1.54, 1.807) is 0 Å². The summed E-state index contributed by atoms with van der Waals surface area (Å²) in [6.45, 7) is 5.77. The van der Waals surface area contributed by atoms with Gasteiger partial charge in [-0.05, 0) is 57.5 Å². The zero-order valence-corrected chi connectivity index (χ0v) is 16.1. The lowest BCUT2D eigenvalue weighted by molar-refractivity contribution is -0.126. The highest BCUT2D eigenvalue weighted by molar-refractivity contribution is 9.10. The van der Waals surface area contributed by atoms with Crippen LogP contribution >= 0.6 is 15.9 Å². The van der Waals surface area contributed by atoms with Crippen molar-refractivity contribution in [1.29, 1.82) is 0 Å². The molecular formula is C18H26BrN3O2. The molecule has 2 unspecified atom stereocenters. The Bertz CT molecular complexity index is 606. The molecule has 132 valence electrons. The van der Waals surface area contributed by atoms with Gasteiger partial charge in [-0.2, -0.15) is 0 Å². The molecule has 0 aliphatic carbocycles. The number of piperidine rings is 1. The average Bonchev–Trinajstić information content (AvgIpc) is 2.58. The lowest BCUT2D eigenvalue weighted by Gasteiger charge is -2.32. The third-order valence-electron chi connectivity index (χ3n) is 4.57. The van der Waals surface area contributed by atoms with Gasteiger partial charge in [0.15, 0.2) is 0 Å². The second kappa shape index (κ2) is 8.62. The summed E-state index contributed by atoms with van der Waals surface area (Å²) in [6, 6.07) is 5.91. The Morgan fingerprint density at radius 1 is 1.42 bits per heavy atom. The number of aryl methyl sites for hydroxylation is 1. The molecule has 0 spiro atoms. The highest BCUT2D eigenvalue weighted by atomic mass is 79.9. The fourth-order valence-electron chi connectivity index (χ4n) is 2.91. The first-order valence-corrected chi connectivity index (χ1v) is 9.22. The molecule has 2 atom stereocenters. The van der Waals surface area contributed by atoms with Crippen molar-refractivity contribution >= 4 is 27.7 Å². The molecule has 1 heterocycles. The number of likely N-dealkylation sites (tertiary alicyclic amines) is 1. The smallest absolute Gasteiger partial charge is 0.254 e. The Balaban J connectivity index is 1.99. The van der Waals surface area contributed by atoms with Gasteiger partial charge in [-0.15, -0.1) is 0 Å². The van der Waals surface area contributed by atoms with Gasteiger partial charge in [0.25, 0.3) is 5.91 Å². The van der Waals surface area contributed by atoms with Crippen LogP contribution in [0, 0.1) is 12.8 Å². The topological polar surface area (TPSA) is 61.4 Å². The van der Waals surface area contributed by atoms with Crippen molar-refractivity contribution in [3.63, 3.8) is 0 Å². The summed E-state index contributed by atoms with van der Waals surface area (Å²) in [7, 11) is 1.87. The van der Waals surface area contributed by atoms with Crippen LogP contribution < -0.4 is 10.6 Å². The highest BCUT2D eigenvalue weighted by Gasteiger charge is 2.29. The lowest BCUT2D eigenvalue weighted by atomic mass is 9.96. The minimum atomic E-state index is -0.123. The van der Waals surface area contributed by atoms with Crippen molar-refractivity contribution in [1.82, 2.24) is 15.5 Å². The number of nitrogens with zero attached hydrogens (tertiary/aromatic N) is 1. The maximum Gasteiger partial charge on any atom is 0.254 e. The van der Waals surface area contributed by atoms with E-state index in [0.717, 1.165) is 22.9 Å². The second-order valence-electron chi connectivity index (χ2n) is 6.48. The van der Waals surface area contributed by atoms with Crippen molar-refractivity contribution in [2.45, 2.75) is 32.7 Å². The average molecular weight is 396 g/mol. The Kier molecular flexibility index (Phi) is 6.80. The molecule has 24 heavy (non-hydrogen) atoms. The molecule has 2 N–H and O–H groups in total. The Morgan fingerprint density at radius 3 is 2.83 bits per heavy atom. The molecule has 1 aliphatic rings. The molecule has 0 saturated carbocycles.